The van der Waals surface area contributed by atoms with Gasteiger partial charge in [0.25, 0.3) is 0 Å². The number of unbranched alkanes of at least 4 members (excludes halogenated alkanes) is 13. The second-order valence-electron chi connectivity index (χ2n) is 7.11. The van der Waals surface area contributed by atoms with Crippen molar-refractivity contribution in [2.45, 2.75) is 116 Å². The standard InChI is InChI=1S/C20H42O2/c1-3-4-5-6-7-8-9-10-11-12-13-14-15-16-17-19(2)20(22)18-21/h19-22H,3-18H2,1-2H3. The Labute approximate surface area is 139 Å². The highest BCUT2D eigenvalue weighted by atomic mass is 16.3. The molecule has 0 fully saturated rings. The van der Waals surface area contributed by atoms with Crippen LogP contribution in [-0.2, 0) is 0 Å². The van der Waals surface area contributed by atoms with E-state index < -0.39 is 6.10 Å². The van der Waals surface area contributed by atoms with Gasteiger partial charge in [-0.15, -0.1) is 0 Å². The van der Waals surface area contributed by atoms with Crippen molar-refractivity contribution < 1.29 is 10.2 Å². The van der Waals surface area contributed by atoms with Crippen LogP contribution in [0.4, 0.5) is 0 Å². The summed E-state index contributed by atoms with van der Waals surface area (Å²) >= 11 is 0. The summed E-state index contributed by atoms with van der Waals surface area (Å²) in [5.74, 6) is 0.238. The van der Waals surface area contributed by atoms with Gasteiger partial charge in [0.2, 0.25) is 0 Å². The van der Waals surface area contributed by atoms with Gasteiger partial charge in [0.05, 0.1) is 12.7 Å². The predicted octanol–water partition coefficient (Wildman–Crippen LogP) is 5.85. The van der Waals surface area contributed by atoms with Crippen LogP contribution in [-0.4, -0.2) is 22.9 Å². The van der Waals surface area contributed by atoms with Crippen LogP contribution >= 0.6 is 0 Å². The van der Waals surface area contributed by atoms with Gasteiger partial charge in [0, 0.05) is 0 Å². The van der Waals surface area contributed by atoms with Gasteiger partial charge in [0.15, 0.2) is 0 Å². The third-order valence-corrected chi connectivity index (χ3v) is 4.86. The van der Waals surface area contributed by atoms with Crippen LogP contribution in [0.15, 0.2) is 0 Å². The summed E-state index contributed by atoms with van der Waals surface area (Å²) in [5.41, 5.74) is 0. The van der Waals surface area contributed by atoms with E-state index in [4.69, 9.17) is 5.11 Å². The lowest BCUT2D eigenvalue weighted by atomic mass is 9.97. The molecule has 0 radical (unpaired) electrons. The molecule has 0 aliphatic rings. The van der Waals surface area contributed by atoms with Crippen molar-refractivity contribution in [1.29, 1.82) is 0 Å². The second kappa shape index (κ2) is 17.3. The van der Waals surface area contributed by atoms with E-state index in [0.717, 1.165) is 6.42 Å². The smallest absolute Gasteiger partial charge is 0.0796 e. The molecule has 0 aromatic heterocycles. The van der Waals surface area contributed by atoms with E-state index >= 15 is 0 Å². The van der Waals surface area contributed by atoms with Gasteiger partial charge in [-0.2, -0.15) is 0 Å². The number of hydrogen-bond acceptors (Lipinski definition) is 2. The Morgan fingerprint density at radius 3 is 1.36 bits per heavy atom. The van der Waals surface area contributed by atoms with Crippen molar-refractivity contribution >= 4 is 0 Å². The summed E-state index contributed by atoms with van der Waals surface area (Å²) in [6.07, 6.45) is 19.9. The molecule has 2 atom stereocenters. The van der Waals surface area contributed by atoms with Crippen LogP contribution in [0.3, 0.4) is 0 Å². The molecule has 0 rings (SSSR count). The van der Waals surface area contributed by atoms with E-state index in [9.17, 15) is 5.11 Å². The van der Waals surface area contributed by atoms with Crippen molar-refractivity contribution in [3.8, 4) is 0 Å². The normalized spacial score (nSPS) is 14.2. The summed E-state index contributed by atoms with van der Waals surface area (Å²) < 4.78 is 0. The molecular weight excluding hydrogens is 272 g/mol. The third kappa shape index (κ3) is 14.8. The Balaban J connectivity index is 3.08. The quantitative estimate of drug-likeness (QED) is 0.331. The minimum absolute atomic E-state index is 0.0974. The fraction of sp³-hybridized carbons (Fsp3) is 1.00. The van der Waals surface area contributed by atoms with Crippen LogP contribution < -0.4 is 0 Å². The molecule has 0 aromatic rings. The van der Waals surface area contributed by atoms with Gasteiger partial charge in [-0.1, -0.05) is 104 Å². The zero-order chi connectivity index (χ0) is 16.5. The van der Waals surface area contributed by atoms with E-state index in [1.807, 2.05) is 6.92 Å². The zero-order valence-corrected chi connectivity index (χ0v) is 15.4. The van der Waals surface area contributed by atoms with Crippen molar-refractivity contribution in [2.75, 3.05) is 6.61 Å². The summed E-state index contributed by atoms with van der Waals surface area (Å²) in [5, 5.41) is 18.4. The molecule has 0 saturated carbocycles. The maximum absolute atomic E-state index is 9.48. The van der Waals surface area contributed by atoms with E-state index in [2.05, 4.69) is 6.92 Å². The van der Waals surface area contributed by atoms with Crippen molar-refractivity contribution in [1.82, 2.24) is 0 Å². The molecule has 0 saturated heterocycles. The first-order valence-electron chi connectivity index (χ1n) is 10.0. The number of aliphatic hydroxyl groups excluding tert-OH is 2. The molecule has 0 amide bonds. The molecule has 2 unspecified atom stereocenters. The van der Waals surface area contributed by atoms with Crippen LogP contribution in [0.25, 0.3) is 0 Å². The van der Waals surface area contributed by atoms with E-state index in [1.54, 1.807) is 0 Å². The molecule has 2 nitrogen and oxygen atoms in total. The Bertz CT molecular complexity index is 206. The van der Waals surface area contributed by atoms with Crippen molar-refractivity contribution in [3.63, 3.8) is 0 Å². The minimum atomic E-state index is -0.526. The molecular formula is C20H42O2. The predicted molar refractivity (Wildman–Crippen MR) is 97.2 cm³/mol. The first-order chi connectivity index (χ1) is 10.7. The van der Waals surface area contributed by atoms with Gasteiger partial charge in [-0.3, -0.25) is 0 Å². The largest absolute Gasteiger partial charge is 0.394 e. The molecule has 134 valence electrons. The molecule has 2 heteroatoms. The van der Waals surface area contributed by atoms with E-state index in [-0.39, 0.29) is 12.5 Å². The van der Waals surface area contributed by atoms with Crippen molar-refractivity contribution in [3.05, 3.63) is 0 Å². The molecule has 0 aliphatic heterocycles. The van der Waals surface area contributed by atoms with Crippen LogP contribution in [0.1, 0.15) is 110 Å². The summed E-state index contributed by atoms with van der Waals surface area (Å²) in [6.45, 7) is 4.21. The van der Waals surface area contributed by atoms with Gasteiger partial charge in [-0.25, -0.2) is 0 Å². The molecule has 2 N–H and O–H groups in total. The maximum Gasteiger partial charge on any atom is 0.0796 e. The lowest BCUT2D eigenvalue weighted by Crippen LogP contribution is -2.21. The van der Waals surface area contributed by atoms with Gasteiger partial charge < -0.3 is 10.2 Å². The van der Waals surface area contributed by atoms with E-state index in [1.165, 1.54) is 89.9 Å². The van der Waals surface area contributed by atoms with Crippen LogP contribution in [0, 0.1) is 5.92 Å². The second-order valence-corrected chi connectivity index (χ2v) is 7.11. The first-order valence-corrected chi connectivity index (χ1v) is 10.0. The molecule has 0 bridgehead atoms. The highest BCUT2D eigenvalue weighted by molar-refractivity contribution is 4.63. The molecule has 22 heavy (non-hydrogen) atoms. The summed E-state index contributed by atoms with van der Waals surface area (Å²) in [6, 6.07) is 0. The van der Waals surface area contributed by atoms with Crippen LogP contribution in [0.2, 0.25) is 0 Å². The minimum Gasteiger partial charge on any atom is -0.394 e. The van der Waals surface area contributed by atoms with Gasteiger partial charge in [-0.05, 0) is 12.3 Å². The Morgan fingerprint density at radius 1 is 0.636 bits per heavy atom. The molecule has 0 aliphatic carbocycles. The Morgan fingerprint density at radius 2 is 1.00 bits per heavy atom. The molecule has 0 spiro atoms. The van der Waals surface area contributed by atoms with Crippen LogP contribution in [0.5, 0.6) is 0 Å². The van der Waals surface area contributed by atoms with Crippen molar-refractivity contribution in [2.24, 2.45) is 5.92 Å². The van der Waals surface area contributed by atoms with E-state index in [0.29, 0.717) is 0 Å². The monoisotopic (exact) mass is 314 g/mol. The first kappa shape index (κ1) is 21.9. The highest BCUT2D eigenvalue weighted by Gasteiger charge is 2.11. The van der Waals surface area contributed by atoms with Gasteiger partial charge in [0.1, 0.15) is 0 Å². The molecule has 0 heterocycles. The Kier molecular flexibility index (Phi) is 17.2. The topological polar surface area (TPSA) is 40.5 Å². The number of rotatable bonds is 17. The summed E-state index contributed by atoms with van der Waals surface area (Å²) in [4.78, 5) is 0. The summed E-state index contributed by atoms with van der Waals surface area (Å²) in [7, 11) is 0. The zero-order valence-electron chi connectivity index (χ0n) is 15.4. The maximum atomic E-state index is 9.48. The molecule has 0 aromatic carbocycles. The highest BCUT2D eigenvalue weighted by Crippen LogP contribution is 2.16. The lowest BCUT2D eigenvalue weighted by molar-refractivity contribution is 0.0495. The SMILES string of the molecule is CCCCCCCCCCCCCCCCC(C)C(O)CO. The number of aliphatic hydroxyl groups is 2. The Hall–Kier alpha value is -0.0800. The average molecular weight is 315 g/mol. The average Bonchev–Trinajstić information content (AvgIpc) is 2.54. The fourth-order valence-corrected chi connectivity index (χ4v) is 3.03. The lowest BCUT2D eigenvalue weighted by Gasteiger charge is -2.15. The number of hydrogen-bond donors (Lipinski definition) is 2. The van der Waals surface area contributed by atoms with Gasteiger partial charge >= 0.3 is 0 Å². The third-order valence-electron chi connectivity index (χ3n) is 4.86. The fourth-order valence-electron chi connectivity index (χ4n) is 3.03.